The lowest BCUT2D eigenvalue weighted by Gasteiger charge is -2.08. The van der Waals surface area contributed by atoms with E-state index in [1.165, 1.54) is 6.92 Å². The maximum atomic E-state index is 10.9. The molecule has 0 heterocycles. The average Bonchev–Trinajstić information content (AvgIpc) is 2.39. The van der Waals surface area contributed by atoms with Gasteiger partial charge in [-0.05, 0) is 6.92 Å². The second-order valence-electron chi connectivity index (χ2n) is 3.59. The summed E-state index contributed by atoms with van der Waals surface area (Å²) in [6.07, 6.45) is -0.805. The first-order chi connectivity index (χ1) is 9.66. The van der Waals surface area contributed by atoms with E-state index in [1.807, 2.05) is 0 Å². The van der Waals surface area contributed by atoms with Crippen LogP contribution in [0.5, 0.6) is 0 Å². The Kier molecular flexibility index (Phi) is 14.4. The molecule has 0 saturated carbocycles. The van der Waals surface area contributed by atoms with Gasteiger partial charge < -0.3 is 28.4 Å². The highest BCUT2D eigenvalue weighted by Crippen LogP contribution is 1.98. The van der Waals surface area contributed by atoms with Gasteiger partial charge in [-0.1, -0.05) is 11.6 Å². The van der Waals surface area contributed by atoms with Crippen LogP contribution < -0.4 is 0 Å². The van der Waals surface area contributed by atoms with Crippen molar-refractivity contribution in [3.8, 4) is 0 Å². The molecule has 0 fully saturated rings. The zero-order chi connectivity index (χ0) is 15.1. The highest BCUT2D eigenvalue weighted by atomic mass is 35.5. The quantitative estimate of drug-likeness (QED) is 0.289. The summed E-state index contributed by atoms with van der Waals surface area (Å²) in [5.41, 5.74) is -0.706. The van der Waals surface area contributed by atoms with Crippen molar-refractivity contribution in [1.29, 1.82) is 0 Å². The van der Waals surface area contributed by atoms with Crippen LogP contribution in [0.4, 0.5) is 4.79 Å². The molecule has 0 aromatic rings. The summed E-state index contributed by atoms with van der Waals surface area (Å²) in [7, 11) is 1.62. The first kappa shape index (κ1) is 19.4. The molecule has 120 valence electrons. The predicted molar refractivity (Wildman–Crippen MR) is 72.1 cm³/mol. The maximum Gasteiger partial charge on any atom is 0.509 e. The minimum absolute atomic E-state index is 0.114. The number of alkyl halides is 1. The highest BCUT2D eigenvalue weighted by molar-refractivity contribution is 6.19. The van der Waals surface area contributed by atoms with Gasteiger partial charge in [0.05, 0.1) is 46.2 Å². The largest absolute Gasteiger partial charge is 0.509 e. The zero-order valence-corrected chi connectivity index (χ0v) is 12.7. The van der Waals surface area contributed by atoms with Crippen molar-refractivity contribution in [2.24, 2.45) is 0 Å². The van der Waals surface area contributed by atoms with Gasteiger partial charge in [0.15, 0.2) is 5.56 Å². The molecular weight excluding hydrogens is 292 g/mol. The van der Waals surface area contributed by atoms with E-state index in [2.05, 4.69) is 4.74 Å². The number of hydrogen-bond acceptors (Lipinski definition) is 7. The van der Waals surface area contributed by atoms with Crippen LogP contribution in [-0.2, 0) is 28.4 Å². The van der Waals surface area contributed by atoms with Crippen LogP contribution in [0.15, 0.2) is 0 Å². The van der Waals surface area contributed by atoms with Gasteiger partial charge in [0.25, 0.3) is 0 Å². The molecule has 0 rings (SSSR count). The first-order valence-corrected chi connectivity index (χ1v) is 6.80. The standard InChI is InChI=1S/C12H23ClO7/c1-11(13)20-12(14)19-10-9-18-8-7-17-6-5-16-4-3-15-2/h11H,3-10H2,1-2H3/t11-/m0/s1. The highest BCUT2D eigenvalue weighted by Gasteiger charge is 2.06. The first-order valence-electron chi connectivity index (χ1n) is 6.36. The number of carbonyl (C=O) groups excluding carboxylic acids is 1. The lowest BCUT2D eigenvalue weighted by molar-refractivity contribution is -0.00914. The molecule has 0 aromatic carbocycles. The third-order valence-corrected chi connectivity index (χ3v) is 1.97. The zero-order valence-electron chi connectivity index (χ0n) is 12.0. The van der Waals surface area contributed by atoms with E-state index in [1.54, 1.807) is 7.11 Å². The number of hydrogen-bond donors (Lipinski definition) is 0. The van der Waals surface area contributed by atoms with Gasteiger partial charge in [-0.3, -0.25) is 0 Å². The number of rotatable bonds is 13. The van der Waals surface area contributed by atoms with Crippen molar-refractivity contribution in [1.82, 2.24) is 0 Å². The van der Waals surface area contributed by atoms with Crippen molar-refractivity contribution < 1.29 is 33.2 Å². The van der Waals surface area contributed by atoms with E-state index in [9.17, 15) is 4.79 Å². The molecule has 20 heavy (non-hydrogen) atoms. The van der Waals surface area contributed by atoms with Crippen LogP contribution in [0.1, 0.15) is 6.92 Å². The summed E-state index contributed by atoms with van der Waals surface area (Å²) in [5.74, 6) is 0. The molecule has 8 heteroatoms. The van der Waals surface area contributed by atoms with Crippen molar-refractivity contribution in [2.45, 2.75) is 12.5 Å². The molecule has 1 atom stereocenters. The summed E-state index contributed by atoms with van der Waals surface area (Å²) in [6, 6.07) is 0. The molecule has 0 aromatic heterocycles. The second kappa shape index (κ2) is 14.8. The Bertz CT molecular complexity index is 226. The summed E-state index contributed by atoms with van der Waals surface area (Å²) >= 11 is 5.44. The summed E-state index contributed by atoms with van der Waals surface area (Å²) in [5, 5.41) is 0. The Hall–Kier alpha value is -0.600. The molecule has 0 aliphatic rings. The SMILES string of the molecule is COCCOCCOCCOCCOC(=O)O[C@@H](C)Cl. The summed E-state index contributed by atoms with van der Waals surface area (Å²) in [6.45, 7) is 4.95. The molecule has 0 spiro atoms. The van der Waals surface area contributed by atoms with Crippen molar-refractivity contribution in [2.75, 3.05) is 60.0 Å². The van der Waals surface area contributed by atoms with Gasteiger partial charge in [0.2, 0.25) is 0 Å². The minimum Gasteiger partial charge on any atom is -0.432 e. The number of halogens is 1. The molecular formula is C12H23ClO7. The predicted octanol–water partition coefficient (Wildman–Crippen LogP) is 1.42. The Morgan fingerprint density at radius 2 is 1.35 bits per heavy atom. The lowest BCUT2D eigenvalue weighted by Crippen LogP contribution is -2.16. The molecule has 0 aliphatic heterocycles. The minimum atomic E-state index is -0.805. The summed E-state index contributed by atoms with van der Waals surface area (Å²) < 4.78 is 29.7. The van der Waals surface area contributed by atoms with Crippen molar-refractivity contribution in [3.63, 3.8) is 0 Å². The van der Waals surface area contributed by atoms with Crippen molar-refractivity contribution in [3.05, 3.63) is 0 Å². The molecule has 0 saturated heterocycles. The fourth-order valence-corrected chi connectivity index (χ4v) is 1.11. The van der Waals surface area contributed by atoms with Gasteiger partial charge in [-0.15, -0.1) is 0 Å². The van der Waals surface area contributed by atoms with Crippen LogP contribution in [0.2, 0.25) is 0 Å². The molecule has 7 nitrogen and oxygen atoms in total. The molecule has 0 radical (unpaired) electrons. The lowest BCUT2D eigenvalue weighted by atomic mass is 10.7. The number of ether oxygens (including phenoxy) is 6. The van der Waals surface area contributed by atoms with Crippen LogP contribution in [0.3, 0.4) is 0 Å². The molecule has 0 bridgehead atoms. The Morgan fingerprint density at radius 3 is 1.80 bits per heavy atom. The van der Waals surface area contributed by atoms with Crippen LogP contribution in [0, 0.1) is 0 Å². The average molecular weight is 315 g/mol. The van der Waals surface area contributed by atoms with E-state index in [0.717, 1.165) is 0 Å². The molecule has 0 N–H and O–H groups in total. The Labute approximate surface area is 124 Å². The monoisotopic (exact) mass is 314 g/mol. The number of methoxy groups -OCH3 is 1. The van der Waals surface area contributed by atoms with E-state index in [-0.39, 0.29) is 13.2 Å². The third kappa shape index (κ3) is 15.5. The number of carbonyl (C=O) groups is 1. The van der Waals surface area contributed by atoms with E-state index in [0.29, 0.717) is 39.6 Å². The molecule has 0 aliphatic carbocycles. The Balaban J connectivity index is 3.08. The summed E-state index contributed by atoms with van der Waals surface area (Å²) in [4.78, 5) is 10.9. The van der Waals surface area contributed by atoms with Gasteiger partial charge in [0.1, 0.15) is 6.61 Å². The van der Waals surface area contributed by atoms with Gasteiger partial charge in [-0.2, -0.15) is 0 Å². The van der Waals surface area contributed by atoms with Gasteiger partial charge in [-0.25, -0.2) is 4.79 Å². The fourth-order valence-electron chi connectivity index (χ4n) is 1.03. The van der Waals surface area contributed by atoms with Crippen molar-refractivity contribution >= 4 is 17.8 Å². The fraction of sp³-hybridized carbons (Fsp3) is 0.917. The smallest absolute Gasteiger partial charge is 0.432 e. The van der Waals surface area contributed by atoms with Gasteiger partial charge >= 0.3 is 6.16 Å². The van der Waals surface area contributed by atoms with Crippen LogP contribution >= 0.6 is 11.6 Å². The van der Waals surface area contributed by atoms with Crippen LogP contribution in [-0.4, -0.2) is 71.7 Å². The van der Waals surface area contributed by atoms with Gasteiger partial charge in [0, 0.05) is 7.11 Å². The maximum absolute atomic E-state index is 10.9. The topological polar surface area (TPSA) is 72.5 Å². The van der Waals surface area contributed by atoms with Crippen LogP contribution in [0.25, 0.3) is 0 Å². The van der Waals surface area contributed by atoms with E-state index < -0.39 is 11.7 Å². The third-order valence-electron chi connectivity index (χ3n) is 1.88. The molecule has 0 unspecified atom stereocenters. The normalized spacial score (nSPS) is 12.2. The second-order valence-corrected chi connectivity index (χ2v) is 4.20. The van der Waals surface area contributed by atoms with E-state index >= 15 is 0 Å². The molecule has 0 amide bonds. The Morgan fingerprint density at radius 1 is 0.900 bits per heavy atom. The van der Waals surface area contributed by atoms with E-state index in [4.69, 9.17) is 35.3 Å².